The van der Waals surface area contributed by atoms with Crippen LogP contribution < -0.4 is 15.4 Å². The molecule has 0 spiro atoms. The van der Waals surface area contributed by atoms with E-state index in [-0.39, 0.29) is 11.8 Å². The number of nitrogens with one attached hydrogen (secondary N) is 2. The molecule has 7 heteroatoms. The minimum Gasteiger partial charge on any atom is -0.496 e. The molecule has 3 rings (SSSR count). The second kappa shape index (κ2) is 11.4. The first kappa shape index (κ1) is 22.6. The van der Waals surface area contributed by atoms with Crippen LogP contribution in [-0.2, 0) is 11.2 Å². The summed E-state index contributed by atoms with van der Waals surface area (Å²) in [5, 5.41) is 6.88. The van der Waals surface area contributed by atoms with E-state index in [9.17, 15) is 9.59 Å². The van der Waals surface area contributed by atoms with Crippen molar-refractivity contribution in [1.29, 1.82) is 0 Å². The van der Waals surface area contributed by atoms with E-state index in [2.05, 4.69) is 15.6 Å². The van der Waals surface area contributed by atoms with Crippen molar-refractivity contribution in [3.8, 4) is 5.75 Å². The number of methoxy groups -OCH3 is 1. The molecule has 0 fully saturated rings. The Morgan fingerprint density at radius 2 is 1.84 bits per heavy atom. The van der Waals surface area contributed by atoms with Crippen molar-refractivity contribution in [3.05, 3.63) is 71.9 Å². The van der Waals surface area contributed by atoms with Gasteiger partial charge in [0.2, 0.25) is 5.91 Å². The number of benzene rings is 2. The SMILES string of the molecule is COc1ccccc1C(=O)N[C@@H](CCSC)C(=O)NCCc1ccc2ccccc2n1. The summed E-state index contributed by atoms with van der Waals surface area (Å²) in [4.78, 5) is 30.2. The number of thioether (sulfide) groups is 1. The minimum atomic E-state index is -0.616. The van der Waals surface area contributed by atoms with Gasteiger partial charge in [0.15, 0.2) is 0 Å². The number of pyridine rings is 1. The fourth-order valence-corrected chi connectivity index (χ4v) is 3.73. The summed E-state index contributed by atoms with van der Waals surface area (Å²) in [6.07, 6.45) is 3.14. The van der Waals surface area contributed by atoms with Crippen molar-refractivity contribution in [3.63, 3.8) is 0 Å². The highest BCUT2D eigenvalue weighted by atomic mass is 32.2. The normalized spacial score (nSPS) is 11.7. The Kier molecular flexibility index (Phi) is 8.29. The van der Waals surface area contributed by atoms with Gasteiger partial charge in [0.1, 0.15) is 11.8 Å². The molecule has 0 aliphatic rings. The van der Waals surface area contributed by atoms with Crippen molar-refractivity contribution < 1.29 is 14.3 Å². The zero-order valence-electron chi connectivity index (χ0n) is 17.8. The molecular weight excluding hydrogens is 410 g/mol. The predicted molar refractivity (Wildman–Crippen MR) is 126 cm³/mol. The Bertz CT molecular complexity index is 1040. The third kappa shape index (κ3) is 6.21. The summed E-state index contributed by atoms with van der Waals surface area (Å²) >= 11 is 1.63. The Morgan fingerprint density at radius 3 is 2.65 bits per heavy atom. The average Bonchev–Trinajstić information content (AvgIpc) is 2.81. The molecule has 1 heterocycles. The van der Waals surface area contributed by atoms with Crippen LogP contribution in [0, 0.1) is 0 Å². The van der Waals surface area contributed by atoms with Gasteiger partial charge in [-0.2, -0.15) is 11.8 Å². The fraction of sp³-hybridized carbons (Fsp3) is 0.292. The predicted octanol–water partition coefficient (Wildman–Crippen LogP) is 3.45. The summed E-state index contributed by atoms with van der Waals surface area (Å²) in [6.45, 7) is 0.449. The van der Waals surface area contributed by atoms with E-state index in [1.807, 2.05) is 42.7 Å². The highest BCUT2D eigenvalue weighted by Gasteiger charge is 2.22. The zero-order chi connectivity index (χ0) is 22.1. The molecule has 0 aliphatic carbocycles. The third-order valence-corrected chi connectivity index (χ3v) is 5.56. The lowest BCUT2D eigenvalue weighted by atomic mass is 10.1. The molecule has 1 atom stereocenters. The molecule has 6 nitrogen and oxygen atoms in total. The zero-order valence-corrected chi connectivity index (χ0v) is 18.6. The van der Waals surface area contributed by atoms with E-state index < -0.39 is 6.04 Å². The number of carbonyl (C=O) groups excluding carboxylic acids is 2. The van der Waals surface area contributed by atoms with Gasteiger partial charge in [-0.25, -0.2) is 0 Å². The summed E-state index contributed by atoms with van der Waals surface area (Å²) in [5.74, 6) is 0.718. The molecule has 31 heavy (non-hydrogen) atoms. The highest BCUT2D eigenvalue weighted by molar-refractivity contribution is 7.98. The van der Waals surface area contributed by atoms with Crippen molar-refractivity contribution >= 4 is 34.5 Å². The highest BCUT2D eigenvalue weighted by Crippen LogP contribution is 2.17. The fourth-order valence-electron chi connectivity index (χ4n) is 3.26. The van der Waals surface area contributed by atoms with Gasteiger partial charge < -0.3 is 15.4 Å². The second-order valence-corrected chi connectivity index (χ2v) is 8.03. The molecule has 2 N–H and O–H groups in total. The van der Waals surface area contributed by atoms with Crippen LogP contribution in [0.5, 0.6) is 5.75 Å². The van der Waals surface area contributed by atoms with Gasteiger partial charge in [-0.1, -0.05) is 36.4 Å². The Morgan fingerprint density at radius 1 is 1.06 bits per heavy atom. The molecule has 2 amide bonds. The Labute approximate surface area is 186 Å². The molecule has 3 aromatic rings. The minimum absolute atomic E-state index is 0.196. The van der Waals surface area contributed by atoms with Crippen LogP contribution in [0.4, 0.5) is 0 Å². The van der Waals surface area contributed by atoms with Gasteiger partial charge in [0.05, 0.1) is 18.2 Å². The molecule has 0 radical (unpaired) electrons. The van der Waals surface area contributed by atoms with Crippen LogP contribution in [0.15, 0.2) is 60.7 Å². The van der Waals surface area contributed by atoms with E-state index >= 15 is 0 Å². The first-order chi connectivity index (χ1) is 15.1. The molecule has 0 saturated carbocycles. The first-order valence-corrected chi connectivity index (χ1v) is 11.6. The van der Waals surface area contributed by atoms with Gasteiger partial charge >= 0.3 is 0 Å². The lowest BCUT2D eigenvalue weighted by Crippen LogP contribution is -2.47. The number of rotatable bonds is 10. The van der Waals surface area contributed by atoms with Crippen molar-refractivity contribution in [1.82, 2.24) is 15.6 Å². The number of nitrogens with zero attached hydrogens (tertiary/aromatic N) is 1. The van der Waals surface area contributed by atoms with Crippen LogP contribution in [-0.4, -0.2) is 48.5 Å². The van der Waals surface area contributed by atoms with E-state index in [0.717, 1.165) is 22.3 Å². The average molecular weight is 438 g/mol. The number of carbonyl (C=O) groups is 2. The lowest BCUT2D eigenvalue weighted by molar-refractivity contribution is -0.122. The Balaban J connectivity index is 1.60. The number of fused-ring (bicyclic) bond motifs is 1. The van der Waals surface area contributed by atoms with Crippen molar-refractivity contribution in [2.45, 2.75) is 18.9 Å². The standard InChI is InChI=1S/C24H27N3O3S/c1-30-22-10-6-4-8-19(22)23(28)27-21(14-16-31-2)24(29)25-15-13-18-12-11-17-7-3-5-9-20(17)26-18/h3-12,21H,13-16H2,1-2H3,(H,25,29)(H,27,28)/t21-/m0/s1. The molecule has 0 bridgehead atoms. The second-order valence-electron chi connectivity index (χ2n) is 7.04. The molecular formula is C24H27N3O3S. The maximum absolute atomic E-state index is 12.8. The molecule has 1 aromatic heterocycles. The maximum Gasteiger partial charge on any atom is 0.255 e. The summed E-state index contributed by atoms with van der Waals surface area (Å²) in [7, 11) is 1.52. The molecule has 162 valence electrons. The number of hydrogen-bond acceptors (Lipinski definition) is 5. The topological polar surface area (TPSA) is 80.3 Å². The largest absolute Gasteiger partial charge is 0.496 e. The van der Waals surface area contributed by atoms with E-state index in [0.29, 0.717) is 30.7 Å². The number of hydrogen-bond donors (Lipinski definition) is 2. The lowest BCUT2D eigenvalue weighted by Gasteiger charge is -2.19. The molecule has 2 aromatic carbocycles. The van der Waals surface area contributed by atoms with Crippen molar-refractivity contribution in [2.24, 2.45) is 0 Å². The van der Waals surface area contributed by atoms with Crippen LogP contribution in [0.2, 0.25) is 0 Å². The third-order valence-electron chi connectivity index (χ3n) is 4.92. The van der Waals surface area contributed by atoms with Crippen molar-refractivity contribution in [2.75, 3.05) is 25.7 Å². The molecule has 0 saturated heterocycles. The van der Waals surface area contributed by atoms with Gasteiger partial charge in [-0.05, 0) is 42.7 Å². The quantitative estimate of drug-likeness (QED) is 0.508. The van der Waals surface area contributed by atoms with Gasteiger partial charge in [0, 0.05) is 24.0 Å². The number of para-hydroxylation sites is 2. The molecule has 0 unspecified atom stereocenters. The van der Waals surface area contributed by atoms with Gasteiger partial charge in [-0.15, -0.1) is 0 Å². The van der Waals surface area contributed by atoms with Gasteiger partial charge in [-0.3, -0.25) is 14.6 Å². The number of ether oxygens (including phenoxy) is 1. The van der Waals surface area contributed by atoms with Crippen LogP contribution >= 0.6 is 11.8 Å². The summed E-state index contributed by atoms with van der Waals surface area (Å²) in [5.41, 5.74) is 2.26. The Hall–Kier alpha value is -3.06. The monoisotopic (exact) mass is 437 g/mol. The van der Waals surface area contributed by atoms with E-state index in [1.165, 1.54) is 7.11 Å². The number of aromatic nitrogens is 1. The van der Waals surface area contributed by atoms with E-state index in [4.69, 9.17) is 4.74 Å². The number of amides is 2. The summed E-state index contributed by atoms with van der Waals surface area (Å²) < 4.78 is 5.26. The first-order valence-electron chi connectivity index (χ1n) is 10.2. The smallest absolute Gasteiger partial charge is 0.255 e. The van der Waals surface area contributed by atoms with E-state index in [1.54, 1.807) is 36.0 Å². The molecule has 0 aliphatic heterocycles. The van der Waals surface area contributed by atoms with Crippen LogP contribution in [0.25, 0.3) is 10.9 Å². The summed E-state index contributed by atoms with van der Waals surface area (Å²) in [6, 6.07) is 18.3. The van der Waals surface area contributed by atoms with Crippen LogP contribution in [0.1, 0.15) is 22.5 Å². The van der Waals surface area contributed by atoms with Gasteiger partial charge in [0.25, 0.3) is 5.91 Å². The maximum atomic E-state index is 12.8. The van der Waals surface area contributed by atoms with Crippen LogP contribution in [0.3, 0.4) is 0 Å².